The molecule has 1 amide bonds. The second kappa shape index (κ2) is 5.62. The van der Waals surface area contributed by atoms with Crippen molar-refractivity contribution in [1.29, 1.82) is 0 Å². The number of hydrogen-bond acceptors (Lipinski definition) is 2. The summed E-state index contributed by atoms with van der Waals surface area (Å²) in [6, 6.07) is 14.1. The van der Waals surface area contributed by atoms with Gasteiger partial charge < -0.3 is 5.32 Å². The summed E-state index contributed by atoms with van der Waals surface area (Å²) in [4.78, 5) is 13.5. The molecule has 0 spiro atoms. The lowest BCUT2D eigenvalue weighted by Gasteiger charge is -2.09. The largest absolute Gasteiger partial charge is 0.325 e. The van der Waals surface area contributed by atoms with E-state index in [1.807, 2.05) is 24.3 Å². The van der Waals surface area contributed by atoms with Crippen molar-refractivity contribution < 1.29 is 4.79 Å². The van der Waals surface area contributed by atoms with Crippen LogP contribution in [0.15, 0.2) is 51.8 Å². The van der Waals surface area contributed by atoms with E-state index in [2.05, 4.69) is 46.4 Å². The van der Waals surface area contributed by atoms with Crippen molar-refractivity contribution in [1.82, 2.24) is 0 Å². The van der Waals surface area contributed by atoms with E-state index in [0.29, 0.717) is 0 Å². The van der Waals surface area contributed by atoms with Crippen LogP contribution in [0.5, 0.6) is 0 Å². The Balaban J connectivity index is 1.69. The number of carbonyl (C=O) groups excluding carboxylic acids is 1. The Hall–Kier alpha value is -1.26. The molecule has 4 heteroatoms. The van der Waals surface area contributed by atoms with E-state index in [1.54, 1.807) is 11.8 Å². The molecule has 1 unspecified atom stereocenters. The summed E-state index contributed by atoms with van der Waals surface area (Å²) >= 11 is 5.05. The first-order valence-corrected chi connectivity index (χ1v) is 8.12. The van der Waals surface area contributed by atoms with Crippen LogP contribution >= 0.6 is 27.7 Å². The highest BCUT2D eigenvalue weighted by molar-refractivity contribution is 9.10. The fourth-order valence-electron chi connectivity index (χ4n) is 2.24. The van der Waals surface area contributed by atoms with E-state index >= 15 is 0 Å². The molecule has 2 nitrogen and oxygen atoms in total. The molecular formula is C16H14BrNOS. The maximum absolute atomic E-state index is 12.3. The molecule has 1 heterocycles. The van der Waals surface area contributed by atoms with E-state index in [4.69, 9.17) is 0 Å². The number of hydrogen-bond donors (Lipinski definition) is 1. The van der Waals surface area contributed by atoms with Crippen LogP contribution in [0.3, 0.4) is 0 Å². The van der Waals surface area contributed by atoms with E-state index in [1.165, 1.54) is 16.0 Å². The molecule has 0 aromatic heterocycles. The third-order valence-corrected chi connectivity index (χ3v) is 5.13. The van der Waals surface area contributed by atoms with Crippen LogP contribution in [-0.2, 0) is 11.2 Å². The predicted octanol–water partition coefficient (Wildman–Crippen LogP) is 4.41. The maximum Gasteiger partial charge on any atom is 0.238 e. The Morgan fingerprint density at radius 3 is 2.75 bits per heavy atom. The van der Waals surface area contributed by atoms with Gasteiger partial charge in [0.05, 0.1) is 5.25 Å². The molecule has 3 rings (SSSR count). The van der Waals surface area contributed by atoms with Crippen molar-refractivity contribution in [2.75, 3.05) is 5.32 Å². The smallest absolute Gasteiger partial charge is 0.238 e. The minimum absolute atomic E-state index is 0.0320. The summed E-state index contributed by atoms with van der Waals surface area (Å²) in [5.41, 5.74) is 3.35. The van der Waals surface area contributed by atoms with E-state index < -0.39 is 0 Å². The molecule has 0 bridgehead atoms. The quantitative estimate of drug-likeness (QED) is 0.871. The molecule has 0 saturated heterocycles. The zero-order valence-electron chi connectivity index (χ0n) is 11.0. The van der Waals surface area contributed by atoms with Gasteiger partial charge in [0, 0.05) is 15.1 Å². The van der Waals surface area contributed by atoms with Gasteiger partial charge in [0.1, 0.15) is 0 Å². The number of thioether (sulfide) groups is 1. The molecule has 0 saturated carbocycles. The number of fused-ring (bicyclic) bond motifs is 1. The lowest BCUT2D eigenvalue weighted by Crippen LogP contribution is -2.24. The molecule has 1 N–H and O–H groups in total. The van der Waals surface area contributed by atoms with Crippen molar-refractivity contribution in [3.05, 3.63) is 58.1 Å². The number of amides is 1. The van der Waals surface area contributed by atoms with Crippen LogP contribution in [-0.4, -0.2) is 11.2 Å². The lowest BCUT2D eigenvalue weighted by atomic mass is 10.1. The average Bonchev–Trinajstić information content (AvgIpc) is 2.84. The van der Waals surface area contributed by atoms with Gasteiger partial charge in [-0.25, -0.2) is 0 Å². The van der Waals surface area contributed by atoms with Gasteiger partial charge in [-0.3, -0.25) is 4.79 Å². The Morgan fingerprint density at radius 1 is 1.25 bits per heavy atom. The van der Waals surface area contributed by atoms with Crippen LogP contribution in [0.1, 0.15) is 11.1 Å². The van der Waals surface area contributed by atoms with Crippen molar-refractivity contribution in [3.8, 4) is 0 Å². The minimum Gasteiger partial charge on any atom is -0.325 e. The average molecular weight is 348 g/mol. The standard InChI is InChI=1S/C16H14BrNOS/c1-10-2-3-11-9-15(20-14(11)8-10)16(19)18-13-6-4-12(17)5-7-13/h2-8,15H,9H2,1H3,(H,18,19). The summed E-state index contributed by atoms with van der Waals surface area (Å²) in [5, 5.41) is 2.95. The zero-order chi connectivity index (χ0) is 14.1. The van der Waals surface area contributed by atoms with Gasteiger partial charge >= 0.3 is 0 Å². The monoisotopic (exact) mass is 347 g/mol. The number of aryl methyl sites for hydroxylation is 1. The molecule has 1 atom stereocenters. The van der Waals surface area contributed by atoms with Crippen LogP contribution in [0.25, 0.3) is 0 Å². The number of nitrogens with one attached hydrogen (secondary N) is 1. The lowest BCUT2D eigenvalue weighted by molar-refractivity contribution is -0.115. The van der Waals surface area contributed by atoms with Gasteiger partial charge in [0.25, 0.3) is 0 Å². The SMILES string of the molecule is Cc1ccc2c(c1)SC(C(=O)Nc1ccc(Br)cc1)C2. The topological polar surface area (TPSA) is 29.1 Å². The highest BCUT2D eigenvalue weighted by Gasteiger charge is 2.28. The first-order chi connectivity index (χ1) is 9.61. The molecule has 0 radical (unpaired) electrons. The number of carbonyl (C=O) groups is 1. The van der Waals surface area contributed by atoms with Crippen molar-refractivity contribution in [2.24, 2.45) is 0 Å². The molecule has 1 aliphatic heterocycles. The minimum atomic E-state index is -0.0320. The number of benzene rings is 2. The molecule has 0 aliphatic carbocycles. The van der Waals surface area contributed by atoms with Gasteiger partial charge in [-0.1, -0.05) is 33.6 Å². The summed E-state index contributed by atoms with van der Waals surface area (Å²) in [7, 11) is 0. The molecule has 20 heavy (non-hydrogen) atoms. The van der Waals surface area contributed by atoms with Crippen molar-refractivity contribution in [3.63, 3.8) is 0 Å². The van der Waals surface area contributed by atoms with E-state index in [-0.39, 0.29) is 11.2 Å². The predicted molar refractivity (Wildman–Crippen MR) is 87.3 cm³/mol. The van der Waals surface area contributed by atoms with Crippen LogP contribution in [0.2, 0.25) is 0 Å². The van der Waals surface area contributed by atoms with Gasteiger partial charge in [-0.05, 0) is 49.2 Å². The second-order valence-corrected chi connectivity index (χ2v) is 7.08. The maximum atomic E-state index is 12.3. The van der Waals surface area contributed by atoms with Gasteiger partial charge in [-0.2, -0.15) is 0 Å². The van der Waals surface area contributed by atoms with Crippen molar-refractivity contribution in [2.45, 2.75) is 23.5 Å². The molecule has 0 fully saturated rings. The summed E-state index contributed by atoms with van der Waals surface area (Å²) < 4.78 is 1.01. The Kier molecular flexibility index (Phi) is 3.85. The molecular weight excluding hydrogens is 334 g/mol. The highest BCUT2D eigenvalue weighted by atomic mass is 79.9. The number of anilines is 1. The Labute approximate surface area is 131 Å². The zero-order valence-corrected chi connectivity index (χ0v) is 13.4. The summed E-state index contributed by atoms with van der Waals surface area (Å²) in [6.45, 7) is 2.08. The normalized spacial score (nSPS) is 16.8. The molecule has 2 aromatic carbocycles. The van der Waals surface area contributed by atoms with E-state index in [0.717, 1.165) is 16.6 Å². The first-order valence-electron chi connectivity index (χ1n) is 6.44. The number of rotatable bonds is 2. The van der Waals surface area contributed by atoms with Crippen LogP contribution in [0, 0.1) is 6.92 Å². The van der Waals surface area contributed by atoms with Gasteiger partial charge in [0.2, 0.25) is 5.91 Å². The number of halogens is 1. The molecule has 102 valence electrons. The van der Waals surface area contributed by atoms with Crippen LogP contribution in [0.4, 0.5) is 5.69 Å². The van der Waals surface area contributed by atoms with Crippen LogP contribution < -0.4 is 5.32 Å². The Bertz CT molecular complexity index is 654. The Morgan fingerprint density at radius 2 is 2.00 bits per heavy atom. The van der Waals surface area contributed by atoms with E-state index in [9.17, 15) is 4.79 Å². The summed E-state index contributed by atoms with van der Waals surface area (Å²) in [5.74, 6) is 0.0752. The fourth-order valence-corrected chi connectivity index (χ4v) is 3.79. The molecule has 2 aromatic rings. The second-order valence-electron chi connectivity index (χ2n) is 4.92. The summed E-state index contributed by atoms with van der Waals surface area (Å²) in [6.07, 6.45) is 0.808. The van der Waals surface area contributed by atoms with Crippen molar-refractivity contribution >= 4 is 39.3 Å². The first kappa shape index (κ1) is 13.7. The highest BCUT2D eigenvalue weighted by Crippen LogP contribution is 2.38. The van der Waals surface area contributed by atoms with Gasteiger partial charge in [0.15, 0.2) is 0 Å². The van der Waals surface area contributed by atoms with Gasteiger partial charge in [-0.15, -0.1) is 11.8 Å². The third-order valence-electron chi connectivity index (χ3n) is 3.30. The fraction of sp³-hybridized carbons (Fsp3) is 0.188. The third kappa shape index (κ3) is 2.91. The molecule has 1 aliphatic rings.